The maximum atomic E-state index is 12.0. The van der Waals surface area contributed by atoms with Crippen molar-refractivity contribution in [3.8, 4) is 10.4 Å². The molecule has 3 rings (SSSR count). The lowest BCUT2D eigenvalue weighted by Gasteiger charge is -2.03. The predicted molar refractivity (Wildman–Crippen MR) is 101 cm³/mol. The summed E-state index contributed by atoms with van der Waals surface area (Å²) in [6.07, 6.45) is 3.92. The van der Waals surface area contributed by atoms with Crippen LogP contribution in [0.25, 0.3) is 10.4 Å². The molecule has 122 valence electrons. The van der Waals surface area contributed by atoms with E-state index in [0.29, 0.717) is 11.6 Å². The number of rotatable bonds is 6. The zero-order valence-corrected chi connectivity index (χ0v) is 14.6. The lowest BCUT2D eigenvalue weighted by atomic mass is 10.1. The maximum absolute atomic E-state index is 12.0. The highest BCUT2D eigenvalue weighted by Crippen LogP contribution is 2.28. The second-order valence-corrected chi connectivity index (χ2v) is 6.89. The molecule has 1 aromatic heterocycles. The summed E-state index contributed by atoms with van der Waals surface area (Å²) in [5, 5.41) is 4.25. The first kappa shape index (κ1) is 16.7. The van der Waals surface area contributed by atoms with E-state index in [1.807, 2.05) is 54.6 Å². The largest absolute Gasteiger partial charge is 0.302 e. The molecule has 0 saturated carbocycles. The molecule has 0 fully saturated rings. The molecule has 0 bridgehead atoms. The summed E-state index contributed by atoms with van der Waals surface area (Å²) < 4.78 is 0. The van der Waals surface area contributed by atoms with Crippen LogP contribution in [0.5, 0.6) is 0 Å². The van der Waals surface area contributed by atoms with Gasteiger partial charge in [-0.05, 0) is 36.1 Å². The van der Waals surface area contributed by atoms with Gasteiger partial charge in [-0.15, -0.1) is 0 Å². The van der Waals surface area contributed by atoms with Crippen LogP contribution in [0.1, 0.15) is 18.4 Å². The van der Waals surface area contributed by atoms with Crippen molar-refractivity contribution in [3.05, 3.63) is 71.4 Å². The third-order valence-electron chi connectivity index (χ3n) is 3.59. The number of amides is 1. The summed E-state index contributed by atoms with van der Waals surface area (Å²) in [7, 11) is 0. The van der Waals surface area contributed by atoms with Gasteiger partial charge in [-0.2, -0.15) is 0 Å². The number of hydrogen-bond donors (Lipinski definition) is 1. The third-order valence-corrected chi connectivity index (χ3v) is 4.81. The number of carbonyl (C=O) groups excluding carboxylic acids is 1. The van der Waals surface area contributed by atoms with Gasteiger partial charge in [-0.3, -0.25) is 4.79 Å². The smallest absolute Gasteiger partial charge is 0.226 e. The molecule has 0 unspecified atom stereocenters. The predicted octanol–water partition coefficient (Wildman–Crippen LogP) is 5.42. The van der Waals surface area contributed by atoms with E-state index in [1.54, 1.807) is 6.20 Å². The van der Waals surface area contributed by atoms with Crippen molar-refractivity contribution in [2.75, 3.05) is 5.32 Å². The van der Waals surface area contributed by atoms with Crippen LogP contribution in [0.4, 0.5) is 5.13 Å². The molecule has 1 heterocycles. The van der Waals surface area contributed by atoms with Crippen LogP contribution in [-0.2, 0) is 11.2 Å². The van der Waals surface area contributed by atoms with E-state index in [4.69, 9.17) is 11.6 Å². The molecule has 3 aromatic rings. The Bertz CT molecular complexity index is 800. The SMILES string of the molecule is O=C(CCCc1ccc(Cl)cc1)Nc1ncc(-c2ccccc2)s1. The molecule has 0 atom stereocenters. The first-order valence-corrected chi connectivity index (χ1v) is 8.96. The molecular formula is C19H17ClN2OS. The van der Waals surface area contributed by atoms with Crippen LogP contribution < -0.4 is 5.32 Å². The average Bonchev–Trinajstić information content (AvgIpc) is 3.06. The lowest BCUT2D eigenvalue weighted by Crippen LogP contribution is -2.11. The molecule has 2 aromatic carbocycles. The number of nitrogens with one attached hydrogen (secondary N) is 1. The maximum Gasteiger partial charge on any atom is 0.226 e. The van der Waals surface area contributed by atoms with Gasteiger partial charge in [0.25, 0.3) is 0 Å². The Kier molecular flexibility index (Phi) is 5.62. The summed E-state index contributed by atoms with van der Waals surface area (Å²) in [6.45, 7) is 0. The molecule has 3 nitrogen and oxygen atoms in total. The standard InChI is InChI=1S/C19H17ClN2OS/c20-16-11-9-14(10-12-16)5-4-8-18(23)22-19-21-13-17(24-19)15-6-2-1-3-7-15/h1-3,6-7,9-13H,4-5,8H2,(H,21,22,23). The van der Waals surface area contributed by atoms with Crippen LogP contribution in [0.15, 0.2) is 60.8 Å². The number of thiazole rings is 1. The van der Waals surface area contributed by atoms with E-state index in [-0.39, 0.29) is 5.91 Å². The van der Waals surface area contributed by atoms with Crippen molar-refractivity contribution >= 4 is 34.0 Å². The first-order chi connectivity index (χ1) is 11.7. The van der Waals surface area contributed by atoms with E-state index in [0.717, 1.165) is 28.3 Å². The van der Waals surface area contributed by atoms with Gasteiger partial charge in [0, 0.05) is 17.6 Å². The molecule has 0 aliphatic carbocycles. The Morgan fingerprint density at radius 1 is 1.08 bits per heavy atom. The highest BCUT2D eigenvalue weighted by Gasteiger charge is 2.08. The number of benzene rings is 2. The van der Waals surface area contributed by atoms with Crippen LogP contribution >= 0.6 is 22.9 Å². The van der Waals surface area contributed by atoms with Crippen molar-refractivity contribution in [1.82, 2.24) is 4.98 Å². The minimum absolute atomic E-state index is 0.00192. The molecule has 0 radical (unpaired) electrons. The number of halogens is 1. The minimum atomic E-state index is -0.00192. The Hall–Kier alpha value is -2.17. The van der Waals surface area contributed by atoms with E-state index >= 15 is 0 Å². The first-order valence-electron chi connectivity index (χ1n) is 7.76. The zero-order chi connectivity index (χ0) is 16.8. The molecule has 0 aliphatic rings. The van der Waals surface area contributed by atoms with Crippen molar-refractivity contribution in [3.63, 3.8) is 0 Å². The number of hydrogen-bond acceptors (Lipinski definition) is 3. The number of aryl methyl sites for hydroxylation is 1. The fourth-order valence-electron chi connectivity index (χ4n) is 2.35. The van der Waals surface area contributed by atoms with Crippen molar-refractivity contribution < 1.29 is 4.79 Å². The van der Waals surface area contributed by atoms with E-state index < -0.39 is 0 Å². The van der Waals surface area contributed by atoms with E-state index in [9.17, 15) is 4.79 Å². The van der Waals surface area contributed by atoms with Crippen LogP contribution in [0, 0.1) is 0 Å². The Labute approximate surface area is 150 Å². The van der Waals surface area contributed by atoms with Gasteiger partial charge < -0.3 is 5.32 Å². The Morgan fingerprint density at radius 2 is 1.83 bits per heavy atom. The third kappa shape index (κ3) is 4.66. The van der Waals surface area contributed by atoms with Crippen LogP contribution in [0.3, 0.4) is 0 Å². The van der Waals surface area contributed by atoms with Gasteiger partial charge in [-0.25, -0.2) is 4.98 Å². The van der Waals surface area contributed by atoms with Crippen molar-refractivity contribution in [2.45, 2.75) is 19.3 Å². The number of nitrogens with zero attached hydrogens (tertiary/aromatic N) is 1. The molecular weight excluding hydrogens is 340 g/mol. The zero-order valence-electron chi connectivity index (χ0n) is 13.0. The molecule has 0 spiro atoms. The van der Waals surface area contributed by atoms with Crippen molar-refractivity contribution in [1.29, 1.82) is 0 Å². The lowest BCUT2D eigenvalue weighted by molar-refractivity contribution is -0.116. The molecule has 1 amide bonds. The average molecular weight is 357 g/mol. The van der Waals surface area contributed by atoms with Gasteiger partial charge in [0.2, 0.25) is 5.91 Å². The molecule has 24 heavy (non-hydrogen) atoms. The molecule has 5 heteroatoms. The fourth-order valence-corrected chi connectivity index (χ4v) is 3.32. The van der Waals surface area contributed by atoms with Crippen LogP contribution in [0.2, 0.25) is 5.02 Å². The topological polar surface area (TPSA) is 42.0 Å². The summed E-state index contributed by atoms with van der Waals surface area (Å²) in [4.78, 5) is 17.4. The van der Waals surface area contributed by atoms with Gasteiger partial charge in [0.05, 0.1) is 4.88 Å². The second-order valence-electron chi connectivity index (χ2n) is 5.42. The number of carbonyl (C=O) groups is 1. The summed E-state index contributed by atoms with van der Waals surface area (Å²) >= 11 is 7.35. The minimum Gasteiger partial charge on any atom is -0.302 e. The van der Waals surface area contributed by atoms with Gasteiger partial charge in [-0.1, -0.05) is 65.4 Å². The van der Waals surface area contributed by atoms with Gasteiger partial charge >= 0.3 is 0 Å². The van der Waals surface area contributed by atoms with Gasteiger partial charge in [0.1, 0.15) is 0 Å². The Balaban J connectivity index is 1.48. The summed E-state index contributed by atoms with van der Waals surface area (Å²) in [5.41, 5.74) is 2.30. The molecule has 1 N–H and O–H groups in total. The van der Waals surface area contributed by atoms with E-state index in [1.165, 1.54) is 16.9 Å². The van der Waals surface area contributed by atoms with E-state index in [2.05, 4.69) is 10.3 Å². The number of aromatic nitrogens is 1. The van der Waals surface area contributed by atoms with Crippen LogP contribution in [-0.4, -0.2) is 10.9 Å². The monoisotopic (exact) mass is 356 g/mol. The number of anilines is 1. The Morgan fingerprint density at radius 3 is 2.58 bits per heavy atom. The molecule has 0 aliphatic heterocycles. The molecule has 0 saturated heterocycles. The van der Waals surface area contributed by atoms with Gasteiger partial charge in [0.15, 0.2) is 5.13 Å². The second kappa shape index (κ2) is 8.08. The normalized spacial score (nSPS) is 10.5. The summed E-state index contributed by atoms with van der Waals surface area (Å²) in [5.74, 6) is -0.00192. The quantitative estimate of drug-likeness (QED) is 0.640. The van der Waals surface area contributed by atoms with Crippen molar-refractivity contribution in [2.24, 2.45) is 0 Å². The fraction of sp³-hybridized carbons (Fsp3) is 0.158. The highest BCUT2D eigenvalue weighted by atomic mass is 35.5. The highest BCUT2D eigenvalue weighted by molar-refractivity contribution is 7.19. The summed E-state index contributed by atoms with van der Waals surface area (Å²) in [6, 6.07) is 17.8.